The Labute approximate surface area is 149 Å². The van der Waals surface area contributed by atoms with Crippen molar-refractivity contribution in [2.24, 2.45) is 35.5 Å². The van der Waals surface area contributed by atoms with E-state index < -0.39 is 0 Å². The molecule has 0 spiro atoms. The van der Waals surface area contributed by atoms with Crippen LogP contribution in [0, 0.1) is 35.5 Å². The van der Waals surface area contributed by atoms with Gasteiger partial charge in [-0.05, 0) is 99.7 Å². The molecule has 6 saturated carbocycles. The molecule has 0 aromatic carbocycles. The van der Waals surface area contributed by atoms with Crippen LogP contribution in [-0.2, 0) is 4.79 Å². The molecule has 6 rings (SSSR count). The van der Waals surface area contributed by atoms with Crippen LogP contribution in [0.3, 0.4) is 0 Å². The minimum atomic E-state index is 0.567. The highest BCUT2D eigenvalue weighted by molar-refractivity contribution is 5.78. The van der Waals surface area contributed by atoms with Crippen molar-refractivity contribution in [2.75, 3.05) is 0 Å². The Kier molecular flexibility index (Phi) is 5.64. The summed E-state index contributed by atoms with van der Waals surface area (Å²) in [6.45, 7) is 0. The summed E-state index contributed by atoms with van der Waals surface area (Å²) in [7, 11) is 0. The van der Waals surface area contributed by atoms with Crippen molar-refractivity contribution in [3.8, 4) is 0 Å². The van der Waals surface area contributed by atoms with Gasteiger partial charge < -0.3 is 0 Å². The van der Waals surface area contributed by atoms with Gasteiger partial charge in [0, 0.05) is 12.8 Å². The standard InChI is InChI=1S/C23H38O/c24-23(5-1-3-21-15-17-7-11-19(21)12-8-17)6-2-4-22-16-18-9-13-20(22)14-10-18/h17-22H,1-16H2. The lowest BCUT2D eigenvalue weighted by Crippen LogP contribution is -2.31. The maximum atomic E-state index is 12.2. The van der Waals surface area contributed by atoms with Gasteiger partial charge in [-0.3, -0.25) is 4.79 Å². The number of fused-ring (bicyclic) bond motifs is 6. The predicted molar refractivity (Wildman–Crippen MR) is 99.8 cm³/mol. The molecule has 0 N–H and O–H groups in total. The van der Waals surface area contributed by atoms with E-state index in [1.54, 1.807) is 0 Å². The van der Waals surface area contributed by atoms with Crippen LogP contribution in [0.4, 0.5) is 0 Å². The summed E-state index contributed by atoms with van der Waals surface area (Å²) in [5.74, 6) is 6.64. The smallest absolute Gasteiger partial charge is 0.132 e. The molecule has 1 nitrogen and oxygen atoms in total. The van der Waals surface area contributed by atoms with Gasteiger partial charge in [0.05, 0.1) is 0 Å². The van der Waals surface area contributed by atoms with E-state index in [1.165, 1.54) is 89.9 Å². The second kappa shape index (κ2) is 7.92. The molecule has 0 aliphatic heterocycles. The maximum Gasteiger partial charge on any atom is 0.132 e. The van der Waals surface area contributed by atoms with E-state index in [0.717, 1.165) is 48.3 Å². The van der Waals surface area contributed by atoms with Crippen molar-refractivity contribution in [1.82, 2.24) is 0 Å². The summed E-state index contributed by atoms with van der Waals surface area (Å²) in [6.07, 6.45) is 21.8. The molecule has 0 heterocycles. The third kappa shape index (κ3) is 4.07. The Morgan fingerprint density at radius 3 is 1.38 bits per heavy atom. The molecule has 0 saturated heterocycles. The molecule has 0 aromatic rings. The molecular weight excluding hydrogens is 292 g/mol. The first-order chi connectivity index (χ1) is 11.8. The summed E-state index contributed by atoms with van der Waals surface area (Å²) >= 11 is 0. The van der Waals surface area contributed by atoms with Gasteiger partial charge >= 0.3 is 0 Å². The predicted octanol–water partition coefficient (Wildman–Crippen LogP) is 6.55. The fraction of sp³-hybridized carbons (Fsp3) is 0.957. The Bertz CT molecular complexity index is 374. The van der Waals surface area contributed by atoms with E-state index in [2.05, 4.69) is 0 Å². The van der Waals surface area contributed by atoms with Gasteiger partial charge in [-0.25, -0.2) is 0 Å². The van der Waals surface area contributed by atoms with Gasteiger partial charge in [-0.2, -0.15) is 0 Å². The quantitative estimate of drug-likeness (QED) is 0.493. The number of hydrogen-bond donors (Lipinski definition) is 0. The monoisotopic (exact) mass is 330 g/mol. The van der Waals surface area contributed by atoms with E-state index >= 15 is 0 Å². The van der Waals surface area contributed by atoms with Crippen molar-refractivity contribution in [2.45, 2.75) is 103 Å². The lowest BCUT2D eigenvalue weighted by atomic mass is 9.63. The zero-order chi connectivity index (χ0) is 16.4. The summed E-state index contributed by atoms with van der Waals surface area (Å²) in [5, 5.41) is 0. The number of hydrogen-bond acceptors (Lipinski definition) is 1. The zero-order valence-electron chi connectivity index (χ0n) is 15.7. The maximum absolute atomic E-state index is 12.2. The number of carbonyl (C=O) groups excluding carboxylic acids is 1. The Morgan fingerprint density at radius 2 is 1.04 bits per heavy atom. The normalized spacial score (nSPS) is 40.8. The lowest BCUT2D eigenvalue weighted by molar-refractivity contribution is -0.119. The molecule has 6 aliphatic rings. The fourth-order valence-corrected chi connectivity index (χ4v) is 6.99. The van der Waals surface area contributed by atoms with E-state index in [9.17, 15) is 4.79 Å². The summed E-state index contributed by atoms with van der Waals surface area (Å²) in [5.41, 5.74) is 0. The van der Waals surface area contributed by atoms with Crippen LogP contribution in [0.2, 0.25) is 0 Å². The first-order valence-electron chi connectivity index (χ1n) is 11.3. The molecule has 1 heteroatoms. The molecule has 0 radical (unpaired) electrons. The van der Waals surface area contributed by atoms with Crippen LogP contribution < -0.4 is 0 Å². The van der Waals surface area contributed by atoms with Crippen LogP contribution in [-0.4, -0.2) is 5.78 Å². The van der Waals surface area contributed by atoms with Gasteiger partial charge in [-0.1, -0.05) is 25.7 Å². The molecule has 2 atom stereocenters. The minimum absolute atomic E-state index is 0.567. The van der Waals surface area contributed by atoms with E-state index in [4.69, 9.17) is 0 Å². The molecule has 136 valence electrons. The lowest BCUT2D eigenvalue weighted by Gasteiger charge is -2.42. The highest BCUT2D eigenvalue weighted by Crippen LogP contribution is 2.47. The minimum Gasteiger partial charge on any atom is -0.300 e. The molecule has 4 bridgehead atoms. The van der Waals surface area contributed by atoms with Crippen molar-refractivity contribution >= 4 is 5.78 Å². The first kappa shape index (κ1) is 17.1. The number of Topliss-reactive ketones (excluding diaryl/α,β-unsaturated/α-hetero) is 1. The van der Waals surface area contributed by atoms with Crippen LogP contribution in [0.1, 0.15) is 103 Å². The van der Waals surface area contributed by atoms with Crippen molar-refractivity contribution in [3.05, 3.63) is 0 Å². The van der Waals surface area contributed by atoms with Crippen LogP contribution in [0.15, 0.2) is 0 Å². The van der Waals surface area contributed by atoms with Gasteiger partial charge in [0.25, 0.3) is 0 Å². The number of carbonyl (C=O) groups is 1. The van der Waals surface area contributed by atoms with Crippen molar-refractivity contribution in [1.29, 1.82) is 0 Å². The molecule has 0 aromatic heterocycles. The molecule has 6 aliphatic carbocycles. The Hall–Kier alpha value is -0.330. The summed E-state index contributed by atoms with van der Waals surface area (Å²) in [4.78, 5) is 12.2. The average molecular weight is 331 g/mol. The topological polar surface area (TPSA) is 17.1 Å². The third-order valence-corrected chi connectivity index (χ3v) is 8.45. The second-order valence-electron chi connectivity index (χ2n) is 9.88. The van der Waals surface area contributed by atoms with Crippen LogP contribution in [0.5, 0.6) is 0 Å². The number of ketones is 1. The van der Waals surface area contributed by atoms with E-state index in [1.807, 2.05) is 0 Å². The van der Waals surface area contributed by atoms with Gasteiger partial charge in [0.2, 0.25) is 0 Å². The molecular formula is C23H38O. The zero-order valence-corrected chi connectivity index (χ0v) is 15.7. The molecule has 24 heavy (non-hydrogen) atoms. The molecule has 6 fully saturated rings. The molecule has 2 unspecified atom stereocenters. The largest absolute Gasteiger partial charge is 0.300 e. The third-order valence-electron chi connectivity index (χ3n) is 8.45. The summed E-state index contributed by atoms with van der Waals surface area (Å²) < 4.78 is 0. The SMILES string of the molecule is O=C(CCCC1CC2CCC1CC2)CCCC1CC2CCC1CC2. The van der Waals surface area contributed by atoms with Gasteiger partial charge in [0.1, 0.15) is 5.78 Å². The fourth-order valence-electron chi connectivity index (χ4n) is 6.99. The Morgan fingerprint density at radius 1 is 0.625 bits per heavy atom. The molecule has 0 amide bonds. The van der Waals surface area contributed by atoms with Gasteiger partial charge in [-0.15, -0.1) is 0 Å². The van der Waals surface area contributed by atoms with Crippen LogP contribution >= 0.6 is 0 Å². The average Bonchev–Trinajstić information content (AvgIpc) is 2.64. The summed E-state index contributed by atoms with van der Waals surface area (Å²) in [6, 6.07) is 0. The highest BCUT2D eigenvalue weighted by Gasteiger charge is 2.36. The Balaban J connectivity index is 1.08. The second-order valence-corrected chi connectivity index (χ2v) is 9.88. The first-order valence-corrected chi connectivity index (χ1v) is 11.3. The number of rotatable bonds is 8. The van der Waals surface area contributed by atoms with E-state index in [-0.39, 0.29) is 0 Å². The van der Waals surface area contributed by atoms with Crippen molar-refractivity contribution in [3.63, 3.8) is 0 Å². The van der Waals surface area contributed by atoms with E-state index in [0.29, 0.717) is 5.78 Å². The van der Waals surface area contributed by atoms with Gasteiger partial charge in [0.15, 0.2) is 0 Å². The van der Waals surface area contributed by atoms with Crippen LogP contribution in [0.25, 0.3) is 0 Å². The van der Waals surface area contributed by atoms with Crippen molar-refractivity contribution < 1.29 is 4.79 Å². The highest BCUT2D eigenvalue weighted by atomic mass is 16.1.